The molecule has 0 amide bonds. The lowest BCUT2D eigenvalue weighted by atomic mass is 10.1. The maximum atomic E-state index is 13.0. The van der Waals surface area contributed by atoms with E-state index >= 15 is 0 Å². The van der Waals surface area contributed by atoms with Crippen molar-refractivity contribution in [2.45, 2.75) is 6.92 Å². The Kier molecular flexibility index (Phi) is 5.80. The topological polar surface area (TPSA) is 119 Å². The van der Waals surface area contributed by atoms with Crippen molar-refractivity contribution in [1.82, 2.24) is 9.55 Å². The molecule has 4 aromatic rings. The minimum Gasteiger partial charge on any atom is -0.405 e. The van der Waals surface area contributed by atoms with Crippen LogP contribution in [0.15, 0.2) is 88.8 Å². The summed E-state index contributed by atoms with van der Waals surface area (Å²) in [5.41, 5.74) is 8.65. The van der Waals surface area contributed by atoms with Gasteiger partial charge in [0.1, 0.15) is 0 Å². The summed E-state index contributed by atoms with van der Waals surface area (Å²) >= 11 is 0. The minimum absolute atomic E-state index is 0.267. The van der Waals surface area contributed by atoms with Crippen LogP contribution in [0.5, 0.6) is 0 Å². The molecule has 0 bridgehead atoms. The lowest BCUT2D eigenvalue weighted by molar-refractivity contribution is 0.609. The molecule has 33 heavy (non-hydrogen) atoms. The summed E-state index contributed by atoms with van der Waals surface area (Å²) in [6, 6.07) is 13.8. The van der Waals surface area contributed by atoms with Crippen molar-refractivity contribution in [3.63, 3.8) is 0 Å². The Morgan fingerprint density at radius 2 is 1.97 bits per heavy atom. The third-order valence-electron chi connectivity index (χ3n) is 5.07. The molecule has 0 unspecified atom stereocenters. The average molecular weight is 460 g/mol. The molecule has 2 aromatic heterocycles. The standard InChI is InChI=1S/C24H21N5O3S/c1-3-33(31,32)28-22-14-19(8-5-16(22)2)29-23(30)10-6-17-15-27-21-9-7-18(26-12-4-11-25)13-20(21)24(17)29/h3-15,28H,1,25H2,2H3. The predicted octanol–water partition coefficient (Wildman–Crippen LogP) is 3.91. The van der Waals surface area contributed by atoms with Gasteiger partial charge >= 0.3 is 0 Å². The van der Waals surface area contributed by atoms with E-state index in [0.29, 0.717) is 33.7 Å². The number of aromatic nitrogens is 2. The number of allylic oxidation sites excluding steroid dienone is 1. The first-order valence-corrected chi connectivity index (χ1v) is 11.5. The molecule has 0 aliphatic rings. The quantitative estimate of drug-likeness (QED) is 0.335. The summed E-state index contributed by atoms with van der Waals surface area (Å²) < 4.78 is 28.1. The van der Waals surface area contributed by atoms with Crippen LogP contribution in [-0.2, 0) is 10.0 Å². The van der Waals surface area contributed by atoms with Gasteiger partial charge in [0.25, 0.3) is 15.6 Å². The molecular formula is C24H21N5O3S. The second-order valence-corrected chi connectivity index (χ2v) is 8.87. The number of nitrogens with two attached hydrogens (primary N) is 1. The number of hydrogen-bond acceptors (Lipinski definition) is 6. The van der Waals surface area contributed by atoms with Crippen LogP contribution in [0.25, 0.3) is 27.5 Å². The molecule has 0 fully saturated rings. The highest BCUT2D eigenvalue weighted by Crippen LogP contribution is 2.29. The smallest absolute Gasteiger partial charge is 0.255 e. The summed E-state index contributed by atoms with van der Waals surface area (Å²) in [4.78, 5) is 21.9. The molecule has 3 N–H and O–H groups in total. The van der Waals surface area contributed by atoms with E-state index in [2.05, 4.69) is 21.3 Å². The molecule has 4 rings (SSSR count). The summed E-state index contributed by atoms with van der Waals surface area (Å²) in [6.07, 6.45) is 6.27. The first-order chi connectivity index (χ1) is 15.8. The molecule has 9 heteroatoms. The third-order valence-corrected chi connectivity index (χ3v) is 6.02. The zero-order valence-corrected chi connectivity index (χ0v) is 18.6. The fraction of sp³-hybridized carbons (Fsp3) is 0.0417. The molecular weight excluding hydrogens is 438 g/mol. The largest absolute Gasteiger partial charge is 0.405 e. The van der Waals surface area contributed by atoms with E-state index in [9.17, 15) is 13.2 Å². The van der Waals surface area contributed by atoms with E-state index in [0.717, 1.165) is 16.2 Å². The number of nitrogens with one attached hydrogen (secondary N) is 1. The van der Waals surface area contributed by atoms with Gasteiger partial charge in [-0.25, -0.2) is 8.42 Å². The minimum atomic E-state index is -3.71. The van der Waals surface area contributed by atoms with Crippen LogP contribution in [0.2, 0.25) is 0 Å². The Bertz CT molecular complexity index is 1620. The highest BCUT2D eigenvalue weighted by Gasteiger charge is 2.14. The van der Waals surface area contributed by atoms with Crippen molar-refractivity contribution in [1.29, 1.82) is 0 Å². The van der Waals surface area contributed by atoms with E-state index in [-0.39, 0.29) is 5.56 Å². The number of aryl methyl sites for hydroxylation is 1. The van der Waals surface area contributed by atoms with Gasteiger partial charge in [-0.2, -0.15) is 0 Å². The molecule has 2 heterocycles. The normalized spacial score (nSPS) is 12.2. The number of pyridine rings is 2. The van der Waals surface area contributed by atoms with Gasteiger partial charge in [0, 0.05) is 34.7 Å². The van der Waals surface area contributed by atoms with Crippen molar-refractivity contribution in [2.75, 3.05) is 4.72 Å². The predicted molar refractivity (Wildman–Crippen MR) is 134 cm³/mol. The molecule has 0 saturated heterocycles. The number of sulfonamides is 1. The monoisotopic (exact) mass is 459 g/mol. The van der Waals surface area contributed by atoms with Crippen LogP contribution in [-0.4, -0.2) is 24.2 Å². The van der Waals surface area contributed by atoms with Gasteiger partial charge in [0.2, 0.25) is 0 Å². The van der Waals surface area contributed by atoms with Crippen LogP contribution >= 0.6 is 0 Å². The van der Waals surface area contributed by atoms with Crippen molar-refractivity contribution < 1.29 is 8.42 Å². The molecule has 8 nitrogen and oxygen atoms in total. The van der Waals surface area contributed by atoms with Crippen LogP contribution in [0.3, 0.4) is 0 Å². The van der Waals surface area contributed by atoms with Crippen molar-refractivity contribution in [3.05, 3.63) is 94.9 Å². The highest BCUT2D eigenvalue weighted by molar-refractivity contribution is 7.95. The second-order valence-electron chi connectivity index (χ2n) is 7.25. The third kappa shape index (κ3) is 4.39. The van der Waals surface area contributed by atoms with E-state index in [1.807, 2.05) is 18.2 Å². The molecule has 0 saturated carbocycles. The van der Waals surface area contributed by atoms with E-state index < -0.39 is 10.0 Å². The zero-order valence-electron chi connectivity index (χ0n) is 17.8. The Balaban J connectivity index is 2.01. The SMILES string of the molecule is C=CS(=O)(=O)Nc1cc(-n2c(=O)ccc3cnc4ccc(N=CC=CN)cc4c32)ccc1C. The lowest BCUT2D eigenvalue weighted by Crippen LogP contribution is -2.18. The van der Waals surface area contributed by atoms with Gasteiger partial charge in [-0.3, -0.25) is 24.1 Å². The molecule has 0 aliphatic heterocycles. The average Bonchev–Trinajstić information content (AvgIpc) is 2.80. The number of hydrogen-bond donors (Lipinski definition) is 2. The van der Waals surface area contributed by atoms with Gasteiger partial charge in [0.15, 0.2) is 0 Å². The maximum absolute atomic E-state index is 13.0. The summed E-state index contributed by atoms with van der Waals surface area (Å²) in [7, 11) is -3.71. The Hall–Kier alpha value is -4.24. The maximum Gasteiger partial charge on any atom is 0.255 e. The van der Waals surface area contributed by atoms with Crippen LogP contribution < -0.4 is 16.0 Å². The van der Waals surface area contributed by atoms with Gasteiger partial charge < -0.3 is 5.73 Å². The molecule has 0 aliphatic carbocycles. The first kappa shape index (κ1) is 22.0. The number of anilines is 1. The second kappa shape index (κ2) is 8.71. The fourth-order valence-electron chi connectivity index (χ4n) is 3.47. The number of nitrogens with zero attached hydrogens (tertiary/aromatic N) is 3. The Morgan fingerprint density at radius 1 is 1.15 bits per heavy atom. The highest BCUT2D eigenvalue weighted by atomic mass is 32.2. The van der Waals surface area contributed by atoms with E-state index in [1.165, 1.54) is 16.8 Å². The number of rotatable bonds is 6. The number of aliphatic imine (C=N–C) groups is 1. The van der Waals surface area contributed by atoms with Crippen LogP contribution in [0, 0.1) is 6.92 Å². The van der Waals surface area contributed by atoms with Gasteiger partial charge in [-0.15, -0.1) is 0 Å². The van der Waals surface area contributed by atoms with Crippen molar-refractivity contribution in [2.24, 2.45) is 10.7 Å². The summed E-state index contributed by atoms with van der Waals surface area (Å²) in [5.74, 6) is 0. The molecule has 0 atom stereocenters. The fourth-order valence-corrected chi connectivity index (χ4v) is 4.08. The summed E-state index contributed by atoms with van der Waals surface area (Å²) in [5, 5.41) is 2.31. The molecule has 0 spiro atoms. The zero-order chi connectivity index (χ0) is 23.6. The number of benzene rings is 2. The summed E-state index contributed by atoms with van der Waals surface area (Å²) in [6.45, 7) is 5.10. The lowest BCUT2D eigenvalue weighted by Gasteiger charge is -2.15. The van der Waals surface area contributed by atoms with Gasteiger partial charge in [-0.05, 0) is 61.2 Å². The van der Waals surface area contributed by atoms with E-state index in [4.69, 9.17) is 5.73 Å². The van der Waals surface area contributed by atoms with Crippen LogP contribution in [0.4, 0.5) is 11.4 Å². The number of fused-ring (bicyclic) bond motifs is 3. The molecule has 0 radical (unpaired) electrons. The van der Waals surface area contributed by atoms with Gasteiger partial charge in [-0.1, -0.05) is 12.6 Å². The molecule has 2 aromatic carbocycles. The Labute approximate surface area is 190 Å². The van der Waals surface area contributed by atoms with Gasteiger partial charge in [0.05, 0.1) is 28.1 Å². The van der Waals surface area contributed by atoms with Crippen LogP contribution in [0.1, 0.15) is 5.56 Å². The molecule has 166 valence electrons. The van der Waals surface area contributed by atoms with Crippen molar-refractivity contribution in [3.8, 4) is 5.69 Å². The first-order valence-electron chi connectivity index (χ1n) is 9.95. The van der Waals surface area contributed by atoms with E-state index in [1.54, 1.807) is 49.7 Å². The Morgan fingerprint density at radius 3 is 2.73 bits per heavy atom. The van der Waals surface area contributed by atoms with Crippen molar-refractivity contribution >= 4 is 49.4 Å².